The van der Waals surface area contributed by atoms with Gasteiger partial charge in [0.05, 0.1) is 5.69 Å². The predicted molar refractivity (Wildman–Crippen MR) is 75.5 cm³/mol. The zero-order valence-electron chi connectivity index (χ0n) is 9.18. The molecule has 0 radical (unpaired) electrons. The van der Waals surface area contributed by atoms with E-state index in [0.717, 1.165) is 5.56 Å². The van der Waals surface area contributed by atoms with Gasteiger partial charge in [0.2, 0.25) is 0 Å². The summed E-state index contributed by atoms with van der Waals surface area (Å²) in [5.74, 6) is -0.673. The van der Waals surface area contributed by atoms with Crippen LogP contribution in [-0.2, 0) is 6.54 Å². The van der Waals surface area contributed by atoms with Crippen LogP contribution in [0.15, 0.2) is 45.3 Å². The number of anilines is 1. The smallest absolute Gasteiger partial charge is 0.147 e. The van der Waals surface area contributed by atoms with E-state index in [4.69, 9.17) is 0 Å². The lowest BCUT2D eigenvalue weighted by Gasteiger charge is -2.10. The molecule has 5 heteroatoms. The lowest BCUT2D eigenvalue weighted by molar-refractivity contribution is 0.624. The first-order valence-corrected chi connectivity index (χ1v) is 6.78. The average Bonchev–Trinajstić information content (AvgIpc) is 2.27. The molecule has 18 heavy (non-hydrogen) atoms. The maximum atomic E-state index is 13.5. The van der Waals surface area contributed by atoms with Gasteiger partial charge in [0.15, 0.2) is 0 Å². The Kier molecular flexibility index (Phi) is 4.35. The molecule has 0 fully saturated rings. The fraction of sp³-hybridized carbons (Fsp3) is 0.0769. The molecule has 1 N–H and O–H groups in total. The molecule has 0 saturated heterocycles. The van der Waals surface area contributed by atoms with Crippen LogP contribution in [0.25, 0.3) is 0 Å². The van der Waals surface area contributed by atoms with Crippen molar-refractivity contribution in [3.63, 3.8) is 0 Å². The number of hydrogen-bond donors (Lipinski definition) is 1. The highest BCUT2D eigenvalue weighted by Crippen LogP contribution is 2.26. The summed E-state index contributed by atoms with van der Waals surface area (Å²) >= 11 is 6.48. The summed E-state index contributed by atoms with van der Waals surface area (Å²) in [7, 11) is 0. The molecule has 0 aromatic heterocycles. The highest BCUT2D eigenvalue weighted by molar-refractivity contribution is 9.10. The van der Waals surface area contributed by atoms with E-state index in [9.17, 15) is 8.78 Å². The van der Waals surface area contributed by atoms with Gasteiger partial charge in [-0.1, -0.05) is 22.0 Å². The topological polar surface area (TPSA) is 12.0 Å². The molecule has 0 unspecified atom stereocenters. The van der Waals surface area contributed by atoms with Crippen molar-refractivity contribution in [1.82, 2.24) is 0 Å². The molecule has 0 heterocycles. The van der Waals surface area contributed by atoms with Gasteiger partial charge in [0.25, 0.3) is 0 Å². The van der Waals surface area contributed by atoms with Gasteiger partial charge >= 0.3 is 0 Å². The molecule has 94 valence electrons. The molecular formula is C13H9Br2F2N. The van der Waals surface area contributed by atoms with E-state index < -0.39 is 0 Å². The second kappa shape index (κ2) is 5.80. The molecule has 0 saturated carbocycles. The molecule has 2 rings (SSSR count). The lowest BCUT2D eigenvalue weighted by atomic mass is 10.2. The Labute approximate surface area is 120 Å². The van der Waals surface area contributed by atoms with Crippen LogP contribution in [0, 0.1) is 11.6 Å². The Bertz CT molecular complexity index is 532. The van der Waals surface area contributed by atoms with Gasteiger partial charge in [-0.25, -0.2) is 8.78 Å². The first-order chi connectivity index (χ1) is 8.56. The maximum Gasteiger partial charge on any atom is 0.147 e. The number of nitrogens with one attached hydrogen (secondary N) is 1. The van der Waals surface area contributed by atoms with E-state index in [1.54, 1.807) is 18.2 Å². The van der Waals surface area contributed by atoms with Crippen LogP contribution in [0.4, 0.5) is 14.5 Å². The van der Waals surface area contributed by atoms with Gasteiger partial charge in [-0.05, 0) is 51.8 Å². The Morgan fingerprint density at radius 1 is 1.06 bits per heavy atom. The van der Waals surface area contributed by atoms with Crippen molar-refractivity contribution in [1.29, 1.82) is 0 Å². The Balaban J connectivity index is 2.16. The molecule has 0 aliphatic carbocycles. The van der Waals surface area contributed by atoms with Crippen LogP contribution in [0.3, 0.4) is 0 Å². The monoisotopic (exact) mass is 375 g/mol. The summed E-state index contributed by atoms with van der Waals surface area (Å²) in [6, 6.07) is 9.30. The molecule has 0 bridgehead atoms. The first kappa shape index (κ1) is 13.5. The Morgan fingerprint density at radius 3 is 2.50 bits per heavy atom. The summed E-state index contributed by atoms with van der Waals surface area (Å²) in [6.45, 7) is 0.343. The van der Waals surface area contributed by atoms with E-state index in [1.165, 1.54) is 18.2 Å². The van der Waals surface area contributed by atoms with Crippen LogP contribution in [0.1, 0.15) is 5.56 Å². The molecule has 1 nitrogen and oxygen atoms in total. The number of halogens is 4. The largest absolute Gasteiger partial charge is 0.378 e. The van der Waals surface area contributed by atoms with Gasteiger partial charge in [0, 0.05) is 15.5 Å². The molecule has 0 aliphatic heterocycles. The summed E-state index contributed by atoms with van der Waals surface area (Å²) < 4.78 is 28.0. The molecule has 0 aliphatic rings. The van der Waals surface area contributed by atoms with Gasteiger partial charge in [0.1, 0.15) is 11.6 Å². The highest BCUT2D eigenvalue weighted by Gasteiger charge is 2.06. The minimum atomic E-state index is -0.347. The zero-order chi connectivity index (χ0) is 13.1. The number of benzene rings is 2. The van der Waals surface area contributed by atoms with Gasteiger partial charge in [-0.3, -0.25) is 0 Å². The van der Waals surface area contributed by atoms with E-state index in [2.05, 4.69) is 37.2 Å². The molecule has 2 aromatic carbocycles. The summed E-state index contributed by atoms with van der Waals surface area (Å²) in [5.41, 5.74) is 1.11. The normalized spacial score (nSPS) is 10.4. The van der Waals surface area contributed by atoms with Crippen molar-refractivity contribution in [2.45, 2.75) is 6.54 Å². The van der Waals surface area contributed by atoms with Crippen molar-refractivity contribution < 1.29 is 8.78 Å². The predicted octanol–water partition coefficient (Wildman–Crippen LogP) is 5.10. The van der Waals surface area contributed by atoms with Gasteiger partial charge < -0.3 is 5.32 Å². The van der Waals surface area contributed by atoms with Crippen LogP contribution in [-0.4, -0.2) is 0 Å². The Hall–Kier alpha value is -0.940. The Morgan fingerprint density at radius 2 is 1.83 bits per heavy atom. The first-order valence-electron chi connectivity index (χ1n) is 5.19. The van der Waals surface area contributed by atoms with Crippen LogP contribution in [0.5, 0.6) is 0 Å². The maximum absolute atomic E-state index is 13.5. The summed E-state index contributed by atoms with van der Waals surface area (Å²) in [5, 5.41) is 2.94. The SMILES string of the molecule is Fc1cc(Br)cc(CNc2c(F)cccc2Br)c1. The molecule has 0 atom stereocenters. The van der Waals surface area contributed by atoms with E-state index in [1.807, 2.05) is 0 Å². The number of hydrogen-bond acceptors (Lipinski definition) is 1. The second-order valence-corrected chi connectivity index (χ2v) is 5.50. The van der Waals surface area contributed by atoms with Crippen molar-refractivity contribution in [2.75, 3.05) is 5.32 Å². The number of rotatable bonds is 3. The standard InChI is InChI=1S/C13H9Br2F2N/c14-9-4-8(5-10(16)6-9)7-18-13-11(15)2-1-3-12(13)17/h1-6,18H,7H2. The van der Waals surface area contributed by atoms with Crippen LogP contribution in [0.2, 0.25) is 0 Å². The van der Waals surface area contributed by atoms with Crippen LogP contribution >= 0.6 is 31.9 Å². The third-order valence-corrected chi connectivity index (χ3v) is 3.47. The van der Waals surface area contributed by atoms with E-state index >= 15 is 0 Å². The lowest BCUT2D eigenvalue weighted by Crippen LogP contribution is -2.02. The molecule has 0 spiro atoms. The molecule has 2 aromatic rings. The third-order valence-electron chi connectivity index (χ3n) is 2.35. The summed E-state index contributed by atoms with van der Waals surface area (Å²) in [6.07, 6.45) is 0. The fourth-order valence-corrected chi connectivity index (χ4v) is 2.57. The fourth-order valence-electron chi connectivity index (χ4n) is 1.57. The quantitative estimate of drug-likeness (QED) is 0.785. The number of para-hydroxylation sites is 1. The van der Waals surface area contributed by atoms with Crippen molar-refractivity contribution >= 4 is 37.5 Å². The molecular weight excluding hydrogens is 368 g/mol. The third kappa shape index (κ3) is 3.29. The minimum absolute atomic E-state index is 0.325. The second-order valence-electron chi connectivity index (χ2n) is 3.73. The minimum Gasteiger partial charge on any atom is -0.378 e. The average molecular weight is 377 g/mol. The van der Waals surface area contributed by atoms with Gasteiger partial charge in [-0.2, -0.15) is 0 Å². The highest BCUT2D eigenvalue weighted by atomic mass is 79.9. The van der Waals surface area contributed by atoms with Gasteiger partial charge in [-0.15, -0.1) is 0 Å². The molecule has 0 amide bonds. The summed E-state index contributed by atoms with van der Waals surface area (Å²) in [4.78, 5) is 0. The van der Waals surface area contributed by atoms with Crippen molar-refractivity contribution in [3.05, 3.63) is 62.5 Å². The van der Waals surface area contributed by atoms with Crippen molar-refractivity contribution in [2.24, 2.45) is 0 Å². The van der Waals surface area contributed by atoms with Crippen LogP contribution < -0.4 is 5.32 Å². The zero-order valence-corrected chi connectivity index (χ0v) is 12.4. The van der Waals surface area contributed by atoms with E-state index in [0.29, 0.717) is 21.2 Å². The van der Waals surface area contributed by atoms with Crippen molar-refractivity contribution in [3.8, 4) is 0 Å². The van der Waals surface area contributed by atoms with E-state index in [-0.39, 0.29) is 11.6 Å².